The highest BCUT2D eigenvalue weighted by molar-refractivity contribution is 5.93. The van der Waals surface area contributed by atoms with Gasteiger partial charge in [-0.2, -0.15) is 0 Å². The van der Waals surface area contributed by atoms with Gasteiger partial charge in [0.25, 0.3) is 5.91 Å². The predicted molar refractivity (Wildman–Crippen MR) is 113 cm³/mol. The molecule has 0 fully saturated rings. The fraction of sp³-hybridized carbons (Fsp3) is 0.292. The van der Waals surface area contributed by atoms with E-state index in [2.05, 4.69) is 92.1 Å². The van der Waals surface area contributed by atoms with E-state index in [1.54, 1.807) is 0 Å². The Balaban J connectivity index is 1.69. The van der Waals surface area contributed by atoms with E-state index in [9.17, 15) is 4.79 Å². The summed E-state index contributed by atoms with van der Waals surface area (Å²) in [6.45, 7) is 6.82. The molecule has 0 heterocycles. The van der Waals surface area contributed by atoms with Crippen molar-refractivity contribution in [3.63, 3.8) is 0 Å². The Morgan fingerprint density at radius 1 is 0.926 bits per heavy atom. The van der Waals surface area contributed by atoms with Gasteiger partial charge in [0.05, 0.1) is 0 Å². The van der Waals surface area contributed by atoms with Crippen molar-refractivity contribution in [1.29, 1.82) is 0 Å². The highest BCUT2D eigenvalue weighted by atomic mass is 16.1. The number of nitrogens with one attached hydrogen (secondary N) is 1. The third-order valence-electron chi connectivity index (χ3n) is 5.23. The van der Waals surface area contributed by atoms with Gasteiger partial charge in [0.15, 0.2) is 6.54 Å². The summed E-state index contributed by atoms with van der Waals surface area (Å²) in [5.74, 6) is 0.0534. The smallest absolute Gasteiger partial charge is 0.279 e. The third-order valence-corrected chi connectivity index (χ3v) is 5.23. The van der Waals surface area contributed by atoms with Gasteiger partial charge in [-0.3, -0.25) is 4.79 Å². The van der Waals surface area contributed by atoms with E-state index >= 15 is 0 Å². The van der Waals surface area contributed by atoms with Crippen molar-refractivity contribution in [3.8, 4) is 0 Å². The summed E-state index contributed by atoms with van der Waals surface area (Å²) in [5.41, 5.74) is 4.66. The molecule has 27 heavy (non-hydrogen) atoms. The van der Waals surface area contributed by atoms with E-state index < -0.39 is 0 Å². The van der Waals surface area contributed by atoms with Crippen molar-refractivity contribution >= 4 is 22.4 Å². The molecule has 1 atom stereocenters. The molecule has 3 heteroatoms. The third kappa shape index (κ3) is 4.37. The number of carbonyl (C=O) groups is 1. The van der Waals surface area contributed by atoms with Crippen LogP contribution in [-0.2, 0) is 17.6 Å². The molecule has 0 spiro atoms. The first kappa shape index (κ1) is 19.1. The van der Waals surface area contributed by atoms with Crippen LogP contribution in [0.3, 0.4) is 0 Å². The lowest BCUT2D eigenvalue weighted by Gasteiger charge is -2.16. The molecule has 0 aromatic heterocycles. The number of nitrogens with two attached hydrogens (primary N) is 1. The molecule has 3 rings (SSSR count). The SMILES string of the molecule is CCc1cccc(CC)c1NC(=O)C[NH2+][C@@H](C)c1cccc2ccccc12. The van der Waals surface area contributed by atoms with Crippen LogP contribution in [0.5, 0.6) is 0 Å². The zero-order valence-electron chi connectivity index (χ0n) is 16.5. The van der Waals surface area contributed by atoms with Crippen molar-refractivity contribution in [2.24, 2.45) is 0 Å². The zero-order chi connectivity index (χ0) is 19.2. The van der Waals surface area contributed by atoms with Gasteiger partial charge in [0.2, 0.25) is 0 Å². The molecule has 0 saturated heterocycles. The van der Waals surface area contributed by atoms with Crippen LogP contribution in [0, 0.1) is 0 Å². The lowest BCUT2D eigenvalue weighted by molar-refractivity contribution is -0.682. The van der Waals surface area contributed by atoms with E-state index in [0.717, 1.165) is 18.5 Å². The van der Waals surface area contributed by atoms with E-state index in [1.807, 2.05) is 0 Å². The average molecular weight is 362 g/mol. The minimum absolute atomic E-state index is 0.0534. The molecule has 0 radical (unpaired) electrons. The van der Waals surface area contributed by atoms with Gasteiger partial charge < -0.3 is 10.6 Å². The van der Waals surface area contributed by atoms with Crippen molar-refractivity contribution in [2.75, 3.05) is 11.9 Å². The summed E-state index contributed by atoms with van der Waals surface area (Å²) in [5, 5.41) is 7.76. The summed E-state index contributed by atoms with van der Waals surface area (Å²) in [4.78, 5) is 12.6. The highest BCUT2D eigenvalue weighted by Crippen LogP contribution is 2.23. The summed E-state index contributed by atoms with van der Waals surface area (Å²) < 4.78 is 0. The highest BCUT2D eigenvalue weighted by Gasteiger charge is 2.15. The number of rotatable bonds is 7. The van der Waals surface area contributed by atoms with Crippen molar-refractivity contribution in [3.05, 3.63) is 77.4 Å². The van der Waals surface area contributed by atoms with Crippen molar-refractivity contribution in [2.45, 2.75) is 39.7 Å². The molecule has 3 aromatic rings. The van der Waals surface area contributed by atoms with Gasteiger partial charge in [-0.1, -0.05) is 74.5 Å². The number of hydrogen-bond acceptors (Lipinski definition) is 1. The van der Waals surface area contributed by atoms with Gasteiger partial charge in [-0.15, -0.1) is 0 Å². The Kier molecular flexibility index (Phi) is 6.25. The lowest BCUT2D eigenvalue weighted by atomic mass is 10.00. The van der Waals surface area contributed by atoms with Crippen LogP contribution in [-0.4, -0.2) is 12.5 Å². The molecule has 0 aliphatic rings. The second kappa shape index (κ2) is 8.83. The number of aryl methyl sites for hydroxylation is 2. The number of carbonyl (C=O) groups excluding carboxylic acids is 1. The quantitative estimate of drug-likeness (QED) is 0.650. The maximum absolute atomic E-state index is 12.6. The topological polar surface area (TPSA) is 45.7 Å². The van der Waals surface area contributed by atoms with Crippen LogP contribution in [0.1, 0.15) is 43.5 Å². The summed E-state index contributed by atoms with van der Waals surface area (Å²) in [6, 6.07) is 21.3. The second-order valence-corrected chi connectivity index (χ2v) is 7.00. The summed E-state index contributed by atoms with van der Waals surface area (Å²) in [6.07, 6.45) is 1.83. The Morgan fingerprint density at radius 2 is 1.56 bits per heavy atom. The predicted octanol–water partition coefficient (Wildman–Crippen LogP) is 4.23. The molecular formula is C24H29N2O+. The maximum Gasteiger partial charge on any atom is 0.279 e. The lowest BCUT2D eigenvalue weighted by Crippen LogP contribution is -2.86. The number of amides is 1. The maximum atomic E-state index is 12.6. The molecule has 0 saturated carbocycles. The largest absolute Gasteiger partial charge is 0.332 e. The molecule has 0 unspecified atom stereocenters. The molecular weight excluding hydrogens is 332 g/mol. The molecule has 140 valence electrons. The van der Waals surface area contributed by atoms with E-state index in [4.69, 9.17) is 0 Å². The number of quaternary nitrogens is 1. The number of hydrogen-bond donors (Lipinski definition) is 2. The van der Waals surface area contributed by atoms with Gasteiger partial charge in [0, 0.05) is 11.3 Å². The van der Waals surface area contributed by atoms with Gasteiger partial charge in [-0.25, -0.2) is 0 Å². The molecule has 0 aliphatic heterocycles. The van der Waals surface area contributed by atoms with E-state index in [1.165, 1.54) is 27.5 Å². The molecule has 0 aliphatic carbocycles. The molecule has 3 N–H and O–H groups in total. The molecule has 3 aromatic carbocycles. The number of fused-ring (bicyclic) bond motifs is 1. The number of benzene rings is 3. The minimum Gasteiger partial charge on any atom is -0.332 e. The fourth-order valence-corrected chi connectivity index (χ4v) is 3.65. The second-order valence-electron chi connectivity index (χ2n) is 7.00. The Morgan fingerprint density at radius 3 is 2.26 bits per heavy atom. The van der Waals surface area contributed by atoms with Crippen LogP contribution in [0.15, 0.2) is 60.7 Å². The standard InChI is InChI=1S/C24H28N2O/c1-4-18-11-8-12-19(5-2)24(18)26-23(27)16-25-17(3)21-15-9-13-20-10-6-7-14-22(20)21/h6-15,17,25H,4-5,16H2,1-3H3,(H,26,27)/p+1/t17-/m0/s1. The average Bonchev–Trinajstić information content (AvgIpc) is 2.71. The van der Waals surface area contributed by atoms with Gasteiger partial charge in [0.1, 0.15) is 6.04 Å². The minimum atomic E-state index is 0.0534. The van der Waals surface area contributed by atoms with Gasteiger partial charge in [-0.05, 0) is 41.7 Å². The summed E-state index contributed by atoms with van der Waals surface area (Å²) >= 11 is 0. The van der Waals surface area contributed by atoms with Crippen LogP contribution >= 0.6 is 0 Å². The first-order chi connectivity index (χ1) is 13.1. The monoisotopic (exact) mass is 361 g/mol. The van der Waals surface area contributed by atoms with Crippen LogP contribution < -0.4 is 10.6 Å². The normalized spacial score (nSPS) is 12.1. The van der Waals surface area contributed by atoms with Crippen molar-refractivity contribution < 1.29 is 10.1 Å². The Hall–Kier alpha value is -2.65. The first-order valence-electron chi connectivity index (χ1n) is 9.85. The number of para-hydroxylation sites is 1. The first-order valence-corrected chi connectivity index (χ1v) is 9.85. The molecule has 3 nitrogen and oxygen atoms in total. The van der Waals surface area contributed by atoms with Crippen LogP contribution in [0.2, 0.25) is 0 Å². The number of anilines is 1. The fourth-order valence-electron chi connectivity index (χ4n) is 3.65. The molecule has 1 amide bonds. The molecule has 0 bridgehead atoms. The van der Waals surface area contributed by atoms with Crippen LogP contribution in [0.25, 0.3) is 10.8 Å². The Bertz CT molecular complexity index is 905. The van der Waals surface area contributed by atoms with Gasteiger partial charge >= 0.3 is 0 Å². The van der Waals surface area contributed by atoms with E-state index in [0.29, 0.717) is 6.54 Å². The van der Waals surface area contributed by atoms with E-state index in [-0.39, 0.29) is 11.9 Å². The van der Waals surface area contributed by atoms with Crippen LogP contribution in [0.4, 0.5) is 5.69 Å². The zero-order valence-corrected chi connectivity index (χ0v) is 16.5. The van der Waals surface area contributed by atoms with Crippen molar-refractivity contribution in [1.82, 2.24) is 0 Å². The summed E-state index contributed by atoms with van der Waals surface area (Å²) in [7, 11) is 0. The Labute approximate surface area is 161 Å².